The third-order valence-electron chi connectivity index (χ3n) is 7.72. The Hall–Kier alpha value is -5.02. The maximum atomic E-state index is 14.4. The molecule has 44 heavy (non-hydrogen) atoms. The normalized spacial score (nSPS) is 12.9. The minimum absolute atomic E-state index is 0.104. The molecule has 1 atom stereocenters. The number of ether oxygens (including phenoxy) is 1. The summed E-state index contributed by atoms with van der Waals surface area (Å²) < 4.78 is 19.9. The lowest BCUT2D eigenvalue weighted by Crippen LogP contribution is -2.33. The van der Waals surface area contributed by atoms with Gasteiger partial charge in [-0.05, 0) is 67.8 Å². The van der Waals surface area contributed by atoms with Gasteiger partial charge in [0, 0.05) is 22.5 Å². The van der Waals surface area contributed by atoms with Gasteiger partial charge in [-0.15, -0.1) is 11.3 Å². The lowest BCUT2D eigenvalue weighted by Gasteiger charge is -2.23. The zero-order chi connectivity index (χ0) is 30.8. The molecule has 9 heteroatoms. The molecule has 0 radical (unpaired) electrons. The summed E-state index contributed by atoms with van der Waals surface area (Å²) in [6.07, 6.45) is 0.543. The molecule has 7 nitrogen and oxygen atoms in total. The van der Waals surface area contributed by atoms with Crippen molar-refractivity contribution in [2.24, 2.45) is 0 Å². The van der Waals surface area contributed by atoms with Gasteiger partial charge in [-0.25, -0.2) is 9.37 Å². The lowest BCUT2D eigenvalue weighted by molar-refractivity contribution is 0.0981. The molecular weight excluding hydrogens is 575 g/mol. The second-order valence-corrected chi connectivity index (χ2v) is 11.6. The minimum Gasteiger partial charge on any atom is -0.496 e. The third kappa shape index (κ3) is 5.66. The number of aryl methyl sites for hydroxylation is 1. The maximum absolute atomic E-state index is 14.4. The average molecular weight is 607 g/mol. The quantitative estimate of drug-likeness (QED) is 0.197. The first-order chi connectivity index (χ1) is 21.3. The fourth-order valence-corrected chi connectivity index (χ4v) is 6.62. The number of rotatable bonds is 7. The van der Waals surface area contributed by atoms with Crippen molar-refractivity contribution >= 4 is 40.3 Å². The van der Waals surface area contributed by atoms with Gasteiger partial charge in [0.2, 0.25) is 0 Å². The number of aromatic nitrogens is 1. The third-order valence-corrected chi connectivity index (χ3v) is 8.93. The molecule has 2 N–H and O–H groups in total. The number of thiophene rings is 1. The molecule has 0 bridgehead atoms. The highest BCUT2D eigenvalue weighted by Gasteiger charge is 2.28. The van der Waals surface area contributed by atoms with Crippen LogP contribution in [-0.4, -0.2) is 30.5 Å². The van der Waals surface area contributed by atoms with Gasteiger partial charge < -0.3 is 20.3 Å². The number of benzene rings is 3. The minimum atomic E-state index is -0.474. The number of nitrogens with one attached hydrogen (secondary N) is 2. The number of carbonyl (C=O) groups excluding carboxylic acids is 2. The number of para-hydroxylation sites is 3. The Balaban J connectivity index is 1.25. The highest BCUT2D eigenvalue weighted by molar-refractivity contribution is 7.17. The number of hydrogen-bond donors (Lipinski definition) is 2. The summed E-state index contributed by atoms with van der Waals surface area (Å²) in [7, 11) is 1.64. The van der Waals surface area contributed by atoms with E-state index in [0.29, 0.717) is 34.9 Å². The fraction of sp³-hybridized carbons (Fsp3) is 0.171. The van der Waals surface area contributed by atoms with Crippen LogP contribution in [0.3, 0.4) is 0 Å². The van der Waals surface area contributed by atoms with Crippen LogP contribution in [-0.2, 0) is 6.42 Å². The molecule has 5 aromatic rings. The van der Waals surface area contributed by atoms with Gasteiger partial charge in [0.15, 0.2) is 0 Å². The summed E-state index contributed by atoms with van der Waals surface area (Å²) in [6, 6.07) is 27.3. The van der Waals surface area contributed by atoms with Crippen LogP contribution in [0.1, 0.15) is 49.8 Å². The first-order valence-electron chi connectivity index (χ1n) is 14.3. The Bertz CT molecular complexity index is 1850. The number of anilines is 3. The highest BCUT2D eigenvalue weighted by Crippen LogP contribution is 2.42. The second kappa shape index (κ2) is 12.3. The van der Waals surface area contributed by atoms with Crippen LogP contribution in [0.25, 0.3) is 10.4 Å². The topological polar surface area (TPSA) is 83.6 Å². The van der Waals surface area contributed by atoms with Crippen LogP contribution in [0.4, 0.5) is 21.6 Å². The molecule has 6 rings (SSSR count). The van der Waals surface area contributed by atoms with Gasteiger partial charge >= 0.3 is 0 Å². The molecule has 2 amide bonds. The SMILES string of the molecule is COc1ccccc1[C@H](C)Nc1cccc(C(=O)N2CCc3cc(C(=O)Nc4c(C)cccc4F)sc3-c3ccccc32)n1. The van der Waals surface area contributed by atoms with Crippen LogP contribution >= 0.6 is 11.3 Å². The Morgan fingerprint density at radius 3 is 2.59 bits per heavy atom. The van der Waals surface area contributed by atoms with E-state index in [1.54, 1.807) is 37.1 Å². The van der Waals surface area contributed by atoms with Crippen molar-refractivity contribution < 1.29 is 18.7 Å². The number of hydrogen-bond acceptors (Lipinski definition) is 6. The van der Waals surface area contributed by atoms with E-state index < -0.39 is 5.82 Å². The van der Waals surface area contributed by atoms with Crippen LogP contribution < -0.4 is 20.3 Å². The zero-order valence-electron chi connectivity index (χ0n) is 24.6. The number of amides is 2. The zero-order valence-corrected chi connectivity index (χ0v) is 25.4. The van der Waals surface area contributed by atoms with Crippen molar-refractivity contribution in [2.75, 3.05) is 29.2 Å². The molecule has 0 saturated heterocycles. The van der Waals surface area contributed by atoms with Crippen molar-refractivity contribution in [1.29, 1.82) is 0 Å². The summed E-state index contributed by atoms with van der Waals surface area (Å²) in [5, 5.41) is 6.13. The van der Waals surface area contributed by atoms with E-state index in [2.05, 4.69) is 15.6 Å². The summed E-state index contributed by atoms with van der Waals surface area (Å²) >= 11 is 1.34. The number of methoxy groups -OCH3 is 1. The van der Waals surface area contributed by atoms with Crippen molar-refractivity contribution in [3.8, 4) is 16.2 Å². The molecule has 0 aliphatic carbocycles. The summed E-state index contributed by atoms with van der Waals surface area (Å²) in [5.41, 5.74) is 4.71. The van der Waals surface area contributed by atoms with Crippen LogP contribution in [0.5, 0.6) is 5.75 Å². The molecule has 3 heterocycles. The van der Waals surface area contributed by atoms with E-state index in [1.807, 2.05) is 73.7 Å². The van der Waals surface area contributed by atoms with E-state index >= 15 is 0 Å². The highest BCUT2D eigenvalue weighted by atomic mass is 32.1. The number of pyridine rings is 1. The molecule has 0 fully saturated rings. The Morgan fingerprint density at radius 2 is 1.77 bits per heavy atom. The smallest absolute Gasteiger partial charge is 0.276 e. The molecule has 0 unspecified atom stereocenters. The van der Waals surface area contributed by atoms with E-state index in [9.17, 15) is 14.0 Å². The van der Waals surface area contributed by atoms with Crippen LogP contribution in [0.2, 0.25) is 0 Å². The van der Waals surface area contributed by atoms with Gasteiger partial charge in [-0.1, -0.05) is 54.6 Å². The van der Waals surface area contributed by atoms with Crippen LogP contribution in [0, 0.1) is 12.7 Å². The largest absolute Gasteiger partial charge is 0.496 e. The van der Waals surface area contributed by atoms with E-state index in [-0.39, 0.29) is 23.5 Å². The summed E-state index contributed by atoms with van der Waals surface area (Å²) in [5.74, 6) is 0.304. The lowest BCUT2D eigenvalue weighted by atomic mass is 10.1. The van der Waals surface area contributed by atoms with Gasteiger partial charge in [0.05, 0.1) is 29.4 Å². The van der Waals surface area contributed by atoms with Gasteiger partial charge in [-0.3, -0.25) is 9.59 Å². The van der Waals surface area contributed by atoms with Crippen molar-refractivity contribution in [3.63, 3.8) is 0 Å². The summed E-state index contributed by atoms with van der Waals surface area (Å²) in [6.45, 7) is 4.18. The molecule has 3 aromatic carbocycles. The van der Waals surface area contributed by atoms with Gasteiger partial charge in [0.1, 0.15) is 23.1 Å². The second-order valence-electron chi connectivity index (χ2n) is 10.6. The van der Waals surface area contributed by atoms with Crippen LogP contribution in [0.15, 0.2) is 91.0 Å². The maximum Gasteiger partial charge on any atom is 0.276 e. The molecule has 222 valence electrons. The monoisotopic (exact) mass is 606 g/mol. The molecule has 1 aliphatic rings. The first-order valence-corrected chi connectivity index (χ1v) is 15.1. The molecule has 2 aromatic heterocycles. The standard InChI is InChI=1S/C35H31FN4O3S/c1-21-10-8-13-26(36)32(21)39-34(41)30-20-23-18-19-40(28-15-6-4-12-25(28)33(23)44-30)35(42)27-14-9-17-31(38-27)37-22(2)24-11-5-7-16-29(24)43-3/h4-17,20,22H,18-19H2,1-3H3,(H,37,38)(H,39,41)/t22-/m0/s1. The van der Waals surface area contributed by atoms with Crippen molar-refractivity contribution in [3.05, 3.63) is 124 Å². The summed E-state index contributed by atoms with van der Waals surface area (Å²) in [4.78, 5) is 35.0. The van der Waals surface area contributed by atoms with E-state index in [0.717, 1.165) is 33.0 Å². The first kappa shape index (κ1) is 29.1. The number of carbonyl (C=O) groups is 2. The molecular formula is C35H31FN4O3S. The van der Waals surface area contributed by atoms with E-state index in [4.69, 9.17) is 4.74 Å². The van der Waals surface area contributed by atoms with Crippen molar-refractivity contribution in [2.45, 2.75) is 26.3 Å². The molecule has 1 aliphatic heterocycles. The Labute approximate surface area is 259 Å². The van der Waals surface area contributed by atoms with Crippen molar-refractivity contribution in [1.82, 2.24) is 4.98 Å². The Kier molecular flexibility index (Phi) is 8.13. The number of halogens is 1. The number of nitrogens with zero attached hydrogens (tertiary/aromatic N) is 2. The fourth-order valence-electron chi connectivity index (χ4n) is 5.48. The number of fused-ring (bicyclic) bond motifs is 3. The van der Waals surface area contributed by atoms with Gasteiger partial charge in [0.25, 0.3) is 11.8 Å². The predicted molar refractivity (Wildman–Crippen MR) is 173 cm³/mol. The average Bonchev–Trinajstić information content (AvgIpc) is 3.41. The predicted octanol–water partition coefficient (Wildman–Crippen LogP) is 7.89. The van der Waals surface area contributed by atoms with E-state index in [1.165, 1.54) is 17.4 Å². The van der Waals surface area contributed by atoms with Gasteiger partial charge in [-0.2, -0.15) is 0 Å². The molecule has 0 spiro atoms. The Morgan fingerprint density at radius 1 is 1.00 bits per heavy atom. The molecule has 0 saturated carbocycles.